The van der Waals surface area contributed by atoms with Crippen molar-refractivity contribution in [2.75, 3.05) is 7.11 Å². The predicted molar refractivity (Wildman–Crippen MR) is 65.3 cm³/mol. The van der Waals surface area contributed by atoms with E-state index in [2.05, 4.69) is 0 Å². The molecule has 3 nitrogen and oxygen atoms in total. The average Bonchev–Trinajstić information content (AvgIpc) is 2.72. The minimum Gasteiger partial charge on any atom is -0.497 e. The molecule has 0 saturated heterocycles. The maximum absolute atomic E-state index is 11.7. The Balaban J connectivity index is 2.49. The Bertz CT molecular complexity index is 427. The van der Waals surface area contributed by atoms with Crippen LogP contribution in [-0.4, -0.2) is 18.2 Å². The lowest BCUT2D eigenvalue weighted by Crippen LogP contribution is -2.38. The number of carboxylic acids is 1. The van der Waals surface area contributed by atoms with Crippen molar-refractivity contribution in [3.63, 3.8) is 0 Å². The van der Waals surface area contributed by atoms with Gasteiger partial charge in [-0.2, -0.15) is 0 Å². The van der Waals surface area contributed by atoms with Crippen molar-refractivity contribution in [2.24, 2.45) is 5.92 Å². The standard InChI is InChI=1S/C14H18O3/c1-10-5-4-8-14(10,13(15)16)11-6-3-7-12(9-11)17-2/h3,6-7,9-10H,4-5,8H2,1-2H3,(H,15,16). The zero-order valence-corrected chi connectivity index (χ0v) is 10.3. The smallest absolute Gasteiger partial charge is 0.314 e. The highest BCUT2D eigenvalue weighted by Crippen LogP contribution is 2.46. The van der Waals surface area contributed by atoms with Crippen molar-refractivity contribution in [1.82, 2.24) is 0 Å². The zero-order valence-electron chi connectivity index (χ0n) is 10.3. The summed E-state index contributed by atoms with van der Waals surface area (Å²) < 4.78 is 5.18. The van der Waals surface area contributed by atoms with Gasteiger partial charge < -0.3 is 9.84 Å². The highest BCUT2D eigenvalue weighted by Gasteiger charge is 2.48. The second-order valence-corrected chi connectivity index (χ2v) is 4.80. The van der Waals surface area contributed by atoms with E-state index in [1.54, 1.807) is 7.11 Å². The van der Waals surface area contributed by atoms with Crippen LogP contribution < -0.4 is 4.74 Å². The van der Waals surface area contributed by atoms with Crippen LogP contribution in [0.1, 0.15) is 31.7 Å². The van der Waals surface area contributed by atoms with Crippen LogP contribution in [0.25, 0.3) is 0 Å². The molecule has 0 amide bonds. The third-order valence-electron chi connectivity index (χ3n) is 4.02. The first kappa shape index (κ1) is 12.0. The summed E-state index contributed by atoms with van der Waals surface area (Å²) in [5, 5.41) is 9.61. The Labute approximate surface area is 101 Å². The maximum Gasteiger partial charge on any atom is 0.314 e. The van der Waals surface area contributed by atoms with Crippen molar-refractivity contribution in [2.45, 2.75) is 31.6 Å². The normalized spacial score (nSPS) is 28.0. The van der Waals surface area contributed by atoms with Gasteiger partial charge in [0.25, 0.3) is 0 Å². The molecule has 2 rings (SSSR count). The highest BCUT2D eigenvalue weighted by atomic mass is 16.5. The second-order valence-electron chi connectivity index (χ2n) is 4.80. The molecule has 0 heterocycles. The molecule has 1 aliphatic rings. The monoisotopic (exact) mass is 234 g/mol. The molecule has 0 spiro atoms. The number of rotatable bonds is 3. The molecule has 1 aromatic carbocycles. The quantitative estimate of drug-likeness (QED) is 0.874. The van der Waals surface area contributed by atoms with E-state index >= 15 is 0 Å². The summed E-state index contributed by atoms with van der Waals surface area (Å²) in [4.78, 5) is 11.7. The fourth-order valence-corrected chi connectivity index (χ4v) is 2.95. The van der Waals surface area contributed by atoms with Gasteiger partial charge in [-0.25, -0.2) is 0 Å². The van der Waals surface area contributed by atoms with Gasteiger partial charge in [-0.1, -0.05) is 25.5 Å². The number of carbonyl (C=O) groups is 1. The Kier molecular flexibility index (Phi) is 3.09. The number of benzene rings is 1. The molecular weight excluding hydrogens is 216 g/mol. The summed E-state index contributed by atoms with van der Waals surface area (Å²) in [5.74, 6) is 0.185. The van der Waals surface area contributed by atoms with Crippen LogP contribution in [0, 0.1) is 5.92 Å². The molecule has 0 radical (unpaired) electrons. The molecule has 92 valence electrons. The van der Waals surface area contributed by atoms with Crippen LogP contribution in [0.3, 0.4) is 0 Å². The van der Waals surface area contributed by atoms with Gasteiger partial charge in [0.2, 0.25) is 0 Å². The van der Waals surface area contributed by atoms with Crippen molar-refractivity contribution >= 4 is 5.97 Å². The minimum atomic E-state index is -0.728. The van der Waals surface area contributed by atoms with Gasteiger partial charge in [-0.3, -0.25) is 4.79 Å². The van der Waals surface area contributed by atoms with Gasteiger partial charge >= 0.3 is 5.97 Å². The lowest BCUT2D eigenvalue weighted by Gasteiger charge is -2.29. The molecule has 2 atom stereocenters. The molecule has 2 unspecified atom stereocenters. The van der Waals surface area contributed by atoms with E-state index in [9.17, 15) is 9.90 Å². The van der Waals surface area contributed by atoms with Crippen LogP contribution in [0.15, 0.2) is 24.3 Å². The Morgan fingerprint density at radius 3 is 2.82 bits per heavy atom. The number of hydrogen-bond donors (Lipinski definition) is 1. The molecule has 3 heteroatoms. The second kappa shape index (κ2) is 4.40. The maximum atomic E-state index is 11.7. The number of aliphatic carboxylic acids is 1. The molecule has 17 heavy (non-hydrogen) atoms. The van der Waals surface area contributed by atoms with Crippen molar-refractivity contribution in [3.8, 4) is 5.75 Å². The van der Waals surface area contributed by atoms with E-state index in [-0.39, 0.29) is 5.92 Å². The summed E-state index contributed by atoms with van der Waals surface area (Å²) in [6, 6.07) is 7.47. The zero-order chi connectivity index (χ0) is 12.5. The first-order valence-corrected chi connectivity index (χ1v) is 5.99. The fourth-order valence-electron chi connectivity index (χ4n) is 2.95. The molecular formula is C14H18O3. The van der Waals surface area contributed by atoms with Crippen LogP contribution in [-0.2, 0) is 10.2 Å². The largest absolute Gasteiger partial charge is 0.497 e. The third-order valence-corrected chi connectivity index (χ3v) is 4.02. The molecule has 1 aromatic rings. The van der Waals surface area contributed by atoms with E-state index in [0.29, 0.717) is 0 Å². The Hall–Kier alpha value is -1.51. The number of hydrogen-bond acceptors (Lipinski definition) is 2. The topological polar surface area (TPSA) is 46.5 Å². The van der Waals surface area contributed by atoms with E-state index < -0.39 is 11.4 Å². The van der Waals surface area contributed by atoms with Crippen molar-refractivity contribution in [3.05, 3.63) is 29.8 Å². The number of methoxy groups -OCH3 is 1. The summed E-state index contributed by atoms with van der Waals surface area (Å²) in [6.45, 7) is 2.03. The summed E-state index contributed by atoms with van der Waals surface area (Å²) in [7, 11) is 1.60. The third kappa shape index (κ3) is 1.79. The lowest BCUT2D eigenvalue weighted by atomic mass is 9.73. The van der Waals surface area contributed by atoms with Crippen molar-refractivity contribution < 1.29 is 14.6 Å². The molecule has 1 N–H and O–H groups in total. The van der Waals surface area contributed by atoms with Gasteiger partial charge in [0.1, 0.15) is 5.75 Å². The Morgan fingerprint density at radius 1 is 1.53 bits per heavy atom. The van der Waals surface area contributed by atoms with Crippen LogP contribution >= 0.6 is 0 Å². The summed E-state index contributed by atoms with van der Waals surface area (Å²) >= 11 is 0. The fraction of sp³-hybridized carbons (Fsp3) is 0.500. The van der Waals surface area contributed by atoms with Crippen molar-refractivity contribution in [1.29, 1.82) is 0 Å². The molecule has 0 bridgehead atoms. The van der Waals surface area contributed by atoms with Crippen LogP contribution in [0.5, 0.6) is 5.75 Å². The summed E-state index contributed by atoms with van der Waals surface area (Å²) in [5.41, 5.74) is 0.142. The Morgan fingerprint density at radius 2 is 2.29 bits per heavy atom. The van der Waals surface area contributed by atoms with E-state index in [0.717, 1.165) is 30.6 Å². The van der Waals surface area contributed by atoms with Gasteiger partial charge in [0.05, 0.1) is 12.5 Å². The lowest BCUT2D eigenvalue weighted by molar-refractivity contribution is -0.145. The van der Waals surface area contributed by atoms with E-state index in [4.69, 9.17) is 4.74 Å². The van der Waals surface area contributed by atoms with Gasteiger partial charge in [-0.15, -0.1) is 0 Å². The first-order valence-electron chi connectivity index (χ1n) is 5.99. The number of ether oxygens (including phenoxy) is 1. The molecule has 0 aliphatic heterocycles. The molecule has 1 fully saturated rings. The minimum absolute atomic E-state index is 0.173. The first-order chi connectivity index (χ1) is 8.11. The van der Waals surface area contributed by atoms with Crippen LogP contribution in [0.4, 0.5) is 0 Å². The van der Waals surface area contributed by atoms with Gasteiger partial charge in [0.15, 0.2) is 0 Å². The molecule has 1 saturated carbocycles. The number of carboxylic acid groups (broad SMARTS) is 1. The molecule has 1 aliphatic carbocycles. The summed E-state index contributed by atoms with van der Waals surface area (Å²) in [6.07, 6.45) is 2.67. The van der Waals surface area contributed by atoms with Gasteiger partial charge in [0, 0.05) is 0 Å². The average molecular weight is 234 g/mol. The van der Waals surface area contributed by atoms with E-state index in [1.807, 2.05) is 31.2 Å². The van der Waals surface area contributed by atoms with Crippen LogP contribution in [0.2, 0.25) is 0 Å². The molecule has 0 aromatic heterocycles. The van der Waals surface area contributed by atoms with Gasteiger partial charge in [-0.05, 0) is 36.5 Å². The van der Waals surface area contributed by atoms with E-state index in [1.165, 1.54) is 0 Å². The highest BCUT2D eigenvalue weighted by molar-refractivity contribution is 5.82. The SMILES string of the molecule is COc1cccc(C2(C(=O)O)CCCC2C)c1. The predicted octanol–water partition coefficient (Wildman–Crippen LogP) is 2.84.